The fourth-order valence-electron chi connectivity index (χ4n) is 1.64. The van der Waals surface area contributed by atoms with Gasteiger partial charge in [0.25, 0.3) is 5.91 Å². The molecule has 0 radical (unpaired) electrons. The van der Waals surface area contributed by atoms with Crippen LogP contribution in [0.4, 0.5) is 0 Å². The maximum Gasteiger partial charge on any atom is 0.291 e. The predicted molar refractivity (Wildman–Crippen MR) is 75.7 cm³/mol. The van der Waals surface area contributed by atoms with E-state index in [0.29, 0.717) is 6.54 Å². The van der Waals surface area contributed by atoms with Crippen LogP contribution in [0.3, 0.4) is 0 Å². The first-order chi connectivity index (χ1) is 9.20. The lowest BCUT2D eigenvalue weighted by Gasteiger charge is -2.04. The SMILES string of the molecule is CCCc1nc(C(=O)NCc2ccccc2Br)n[nH]1. The molecule has 1 aromatic carbocycles. The molecule has 5 nitrogen and oxygen atoms in total. The minimum absolute atomic E-state index is 0.190. The number of aromatic nitrogens is 3. The van der Waals surface area contributed by atoms with Crippen molar-refractivity contribution in [1.29, 1.82) is 0 Å². The molecule has 0 unspecified atom stereocenters. The standard InChI is InChI=1S/C13H15BrN4O/c1-2-5-11-16-12(18-17-11)13(19)15-8-9-6-3-4-7-10(9)14/h3-4,6-7H,2,5,8H2,1H3,(H,15,19)(H,16,17,18). The Kier molecular flexibility index (Phi) is 4.68. The Hall–Kier alpha value is -1.69. The van der Waals surface area contributed by atoms with E-state index < -0.39 is 0 Å². The summed E-state index contributed by atoms with van der Waals surface area (Å²) in [4.78, 5) is 16.0. The Morgan fingerprint density at radius 1 is 1.42 bits per heavy atom. The molecule has 0 atom stereocenters. The van der Waals surface area contributed by atoms with Gasteiger partial charge in [-0.05, 0) is 18.1 Å². The monoisotopic (exact) mass is 322 g/mol. The normalized spacial score (nSPS) is 10.4. The summed E-state index contributed by atoms with van der Waals surface area (Å²) in [5.74, 6) is 0.665. The van der Waals surface area contributed by atoms with E-state index in [1.165, 1.54) is 0 Å². The summed E-state index contributed by atoms with van der Waals surface area (Å²) in [6.45, 7) is 2.49. The van der Waals surface area contributed by atoms with E-state index >= 15 is 0 Å². The number of amides is 1. The molecule has 1 heterocycles. The molecule has 0 fully saturated rings. The number of aryl methyl sites for hydroxylation is 1. The Labute approximate surface area is 120 Å². The number of rotatable bonds is 5. The maximum atomic E-state index is 11.9. The first-order valence-corrected chi connectivity index (χ1v) is 6.93. The lowest BCUT2D eigenvalue weighted by molar-refractivity contribution is 0.0941. The quantitative estimate of drug-likeness (QED) is 0.888. The van der Waals surface area contributed by atoms with Gasteiger partial charge >= 0.3 is 0 Å². The van der Waals surface area contributed by atoms with Gasteiger partial charge in [-0.3, -0.25) is 9.89 Å². The van der Waals surface area contributed by atoms with Crippen LogP contribution in [0, 0.1) is 0 Å². The van der Waals surface area contributed by atoms with Crippen molar-refractivity contribution in [2.75, 3.05) is 0 Å². The number of nitrogens with zero attached hydrogens (tertiary/aromatic N) is 2. The van der Waals surface area contributed by atoms with Crippen LogP contribution in [-0.2, 0) is 13.0 Å². The third-order valence-electron chi connectivity index (χ3n) is 2.62. The average molecular weight is 323 g/mol. The molecule has 100 valence electrons. The molecule has 0 saturated heterocycles. The van der Waals surface area contributed by atoms with Crippen LogP contribution < -0.4 is 5.32 Å². The van der Waals surface area contributed by atoms with Gasteiger partial charge in [-0.2, -0.15) is 0 Å². The van der Waals surface area contributed by atoms with Gasteiger partial charge in [0.2, 0.25) is 5.82 Å². The zero-order valence-corrected chi connectivity index (χ0v) is 12.2. The van der Waals surface area contributed by atoms with Crippen LogP contribution in [0.5, 0.6) is 0 Å². The molecule has 6 heteroatoms. The highest BCUT2D eigenvalue weighted by atomic mass is 79.9. The van der Waals surface area contributed by atoms with E-state index in [2.05, 4.69) is 43.4 Å². The van der Waals surface area contributed by atoms with E-state index in [1.807, 2.05) is 24.3 Å². The fraction of sp³-hybridized carbons (Fsp3) is 0.308. The summed E-state index contributed by atoms with van der Waals surface area (Å²) < 4.78 is 0.969. The van der Waals surface area contributed by atoms with Crippen molar-refractivity contribution in [1.82, 2.24) is 20.5 Å². The van der Waals surface area contributed by atoms with E-state index in [9.17, 15) is 4.79 Å². The summed E-state index contributed by atoms with van der Waals surface area (Å²) in [7, 11) is 0. The van der Waals surface area contributed by atoms with Crippen molar-refractivity contribution in [3.8, 4) is 0 Å². The topological polar surface area (TPSA) is 70.7 Å². The summed E-state index contributed by atoms with van der Waals surface area (Å²) in [5, 5.41) is 9.47. The molecule has 0 spiro atoms. The number of aromatic amines is 1. The number of hydrogen-bond donors (Lipinski definition) is 2. The van der Waals surface area contributed by atoms with Gasteiger partial charge in [-0.1, -0.05) is 41.1 Å². The van der Waals surface area contributed by atoms with Gasteiger partial charge in [0.1, 0.15) is 5.82 Å². The largest absolute Gasteiger partial charge is 0.345 e. The van der Waals surface area contributed by atoms with Gasteiger partial charge < -0.3 is 5.32 Å². The highest BCUT2D eigenvalue weighted by molar-refractivity contribution is 9.10. The van der Waals surface area contributed by atoms with Crippen molar-refractivity contribution in [2.24, 2.45) is 0 Å². The van der Waals surface area contributed by atoms with Crippen molar-refractivity contribution in [2.45, 2.75) is 26.3 Å². The lowest BCUT2D eigenvalue weighted by atomic mass is 10.2. The number of carbonyl (C=O) groups is 1. The number of halogens is 1. The molecule has 2 N–H and O–H groups in total. The summed E-state index contributed by atoms with van der Waals surface area (Å²) in [6.07, 6.45) is 1.76. The molecular formula is C13H15BrN4O. The second-order valence-corrected chi connectivity index (χ2v) is 4.98. The number of carbonyl (C=O) groups excluding carboxylic acids is 1. The van der Waals surface area contributed by atoms with Crippen LogP contribution >= 0.6 is 15.9 Å². The summed E-state index contributed by atoms with van der Waals surface area (Å²) >= 11 is 3.44. The molecule has 0 aliphatic rings. The van der Waals surface area contributed by atoms with Crippen LogP contribution in [-0.4, -0.2) is 21.1 Å². The predicted octanol–water partition coefficient (Wildman–Crippen LogP) is 2.45. The van der Waals surface area contributed by atoms with Gasteiger partial charge in [-0.25, -0.2) is 4.98 Å². The Morgan fingerprint density at radius 2 is 2.21 bits per heavy atom. The number of nitrogens with one attached hydrogen (secondary N) is 2. The highest BCUT2D eigenvalue weighted by Gasteiger charge is 2.12. The van der Waals surface area contributed by atoms with Crippen LogP contribution in [0.15, 0.2) is 28.7 Å². The van der Waals surface area contributed by atoms with Crippen LogP contribution in [0.25, 0.3) is 0 Å². The fourth-order valence-corrected chi connectivity index (χ4v) is 2.07. The Bertz CT molecular complexity index is 567. The molecule has 19 heavy (non-hydrogen) atoms. The third kappa shape index (κ3) is 3.64. The Balaban J connectivity index is 1.95. The van der Waals surface area contributed by atoms with E-state index in [-0.39, 0.29) is 11.7 Å². The van der Waals surface area contributed by atoms with Gasteiger partial charge in [0, 0.05) is 17.4 Å². The number of H-pyrrole nitrogens is 1. The molecule has 0 saturated carbocycles. The van der Waals surface area contributed by atoms with Crippen molar-refractivity contribution in [3.05, 3.63) is 46.0 Å². The molecule has 1 aromatic heterocycles. The van der Waals surface area contributed by atoms with Crippen molar-refractivity contribution in [3.63, 3.8) is 0 Å². The molecule has 0 bridgehead atoms. The first kappa shape index (κ1) is 13.7. The zero-order valence-electron chi connectivity index (χ0n) is 10.6. The molecule has 1 amide bonds. The summed E-state index contributed by atoms with van der Waals surface area (Å²) in [5.41, 5.74) is 1.01. The number of benzene rings is 1. The van der Waals surface area contributed by atoms with Crippen molar-refractivity contribution < 1.29 is 4.79 Å². The molecule has 0 aliphatic heterocycles. The molecule has 2 rings (SSSR count). The van der Waals surface area contributed by atoms with Gasteiger partial charge in [0.05, 0.1) is 0 Å². The minimum Gasteiger partial charge on any atom is -0.345 e. The van der Waals surface area contributed by atoms with Gasteiger partial charge in [-0.15, -0.1) is 5.10 Å². The number of hydrogen-bond acceptors (Lipinski definition) is 3. The third-order valence-corrected chi connectivity index (χ3v) is 3.39. The second kappa shape index (κ2) is 6.47. The van der Waals surface area contributed by atoms with Crippen LogP contribution in [0.2, 0.25) is 0 Å². The van der Waals surface area contributed by atoms with E-state index in [4.69, 9.17) is 0 Å². The smallest absolute Gasteiger partial charge is 0.291 e. The van der Waals surface area contributed by atoms with E-state index in [1.54, 1.807) is 0 Å². The van der Waals surface area contributed by atoms with E-state index in [0.717, 1.165) is 28.7 Å². The maximum absolute atomic E-state index is 11.9. The highest BCUT2D eigenvalue weighted by Crippen LogP contribution is 2.15. The lowest BCUT2D eigenvalue weighted by Crippen LogP contribution is -2.24. The Morgan fingerprint density at radius 3 is 2.95 bits per heavy atom. The van der Waals surface area contributed by atoms with Crippen LogP contribution in [0.1, 0.15) is 35.4 Å². The molecule has 0 aliphatic carbocycles. The summed E-state index contributed by atoms with van der Waals surface area (Å²) in [6, 6.07) is 7.75. The van der Waals surface area contributed by atoms with Gasteiger partial charge in [0.15, 0.2) is 0 Å². The zero-order chi connectivity index (χ0) is 13.7. The minimum atomic E-state index is -0.269. The first-order valence-electron chi connectivity index (χ1n) is 6.13. The average Bonchev–Trinajstić information content (AvgIpc) is 2.87. The molecular weight excluding hydrogens is 308 g/mol. The molecule has 2 aromatic rings. The second-order valence-electron chi connectivity index (χ2n) is 4.13. The van der Waals surface area contributed by atoms with Crippen molar-refractivity contribution >= 4 is 21.8 Å².